The lowest BCUT2D eigenvalue weighted by atomic mass is 9.95. The third-order valence-electron chi connectivity index (χ3n) is 7.10. The third kappa shape index (κ3) is 4.31. The van der Waals surface area contributed by atoms with E-state index < -0.39 is 0 Å². The van der Waals surface area contributed by atoms with Crippen molar-refractivity contribution in [1.29, 1.82) is 0 Å². The Bertz CT molecular complexity index is 1450. The lowest BCUT2D eigenvalue weighted by molar-refractivity contribution is 0.0642. The number of aromatic nitrogens is 3. The van der Waals surface area contributed by atoms with Gasteiger partial charge in [-0.15, -0.1) is 0 Å². The Morgan fingerprint density at radius 1 is 0.865 bits per heavy atom. The van der Waals surface area contributed by atoms with Crippen LogP contribution in [0, 0.1) is 0 Å². The fourth-order valence-electron chi connectivity index (χ4n) is 5.08. The highest BCUT2D eigenvalue weighted by atomic mass is 16.2. The molecule has 0 bridgehead atoms. The van der Waals surface area contributed by atoms with E-state index in [0.717, 1.165) is 29.8 Å². The largest absolute Gasteiger partial charge is 0.339 e. The van der Waals surface area contributed by atoms with Crippen LogP contribution in [0.4, 0.5) is 0 Å². The third-order valence-corrected chi connectivity index (χ3v) is 7.10. The van der Waals surface area contributed by atoms with Gasteiger partial charge in [0.05, 0.1) is 17.7 Å². The van der Waals surface area contributed by atoms with E-state index in [2.05, 4.69) is 10.2 Å². The van der Waals surface area contributed by atoms with Crippen LogP contribution in [-0.4, -0.2) is 55.8 Å². The molecule has 3 aromatic carbocycles. The maximum absolute atomic E-state index is 13.3. The van der Waals surface area contributed by atoms with Gasteiger partial charge >= 0.3 is 0 Å². The molecule has 0 unspecified atom stereocenters. The molecule has 2 aliphatic rings. The molecule has 0 atom stereocenters. The molecule has 3 amide bonds. The molecule has 184 valence electrons. The fraction of sp³-hybridized carbons (Fsp3) is 0.207. The van der Waals surface area contributed by atoms with E-state index in [9.17, 15) is 14.4 Å². The Kier molecular flexibility index (Phi) is 5.84. The first-order chi connectivity index (χ1) is 18.1. The SMILES string of the molecule is O=C(c1cccc(CN2C(=O)c3ccccc3C2=O)c1)N1CCC(c2nc(-c3ccccc3)n[nH]2)CC1. The molecule has 37 heavy (non-hydrogen) atoms. The number of H-pyrrole nitrogens is 1. The molecule has 0 radical (unpaired) electrons. The number of piperidine rings is 1. The Labute approximate surface area is 213 Å². The highest BCUT2D eigenvalue weighted by Gasteiger charge is 2.35. The van der Waals surface area contributed by atoms with Crippen molar-refractivity contribution < 1.29 is 14.4 Å². The molecule has 1 aromatic heterocycles. The van der Waals surface area contributed by atoms with Crippen molar-refractivity contribution >= 4 is 17.7 Å². The van der Waals surface area contributed by atoms with Gasteiger partial charge in [-0.25, -0.2) is 4.98 Å². The van der Waals surface area contributed by atoms with Crippen LogP contribution < -0.4 is 0 Å². The van der Waals surface area contributed by atoms with Gasteiger partial charge in [-0.05, 0) is 42.7 Å². The Morgan fingerprint density at radius 2 is 1.54 bits per heavy atom. The Morgan fingerprint density at radius 3 is 2.24 bits per heavy atom. The molecule has 3 heterocycles. The van der Waals surface area contributed by atoms with Crippen LogP contribution in [-0.2, 0) is 6.54 Å². The Balaban J connectivity index is 1.10. The quantitative estimate of drug-likeness (QED) is 0.420. The zero-order valence-corrected chi connectivity index (χ0v) is 20.1. The standard InChI is InChI=1S/C29H25N5O3/c35-27(33-15-13-21(14-16-33)26-30-25(31-32-26)20-8-2-1-3-9-20)22-10-6-7-19(17-22)18-34-28(36)23-11-4-5-12-24(23)29(34)37/h1-12,17,21H,13-16,18H2,(H,30,31,32). The number of hydrogen-bond donors (Lipinski definition) is 1. The molecule has 0 spiro atoms. The molecular formula is C29H25N5O3. The number of likely N-dealkylation sites (tertiary alicyclic amines) is 1. The van der Waals surface area contributed by atoms with Gasteiger partial charge in [0, 0.05) is 30.1 Å². The summed E-state index contributed by atoms with van der Waals surface area (Å²) in [4.78, 5) is 46.5. The van der Waals surface area contributed by atoms with E-state index in [-0.39, 0.29) is 30.2 Å². The zero-order chi connectivity index (χ0) is 25.4. The molecule has 0 aliphatic carbocycles. The van der Waals surface area contributed by atoms with E-state index >= 15 is 0 Å². The van der Waals surface area contributed by atoms with E-state index in [1.54, 1.807) is 42.5 Å². The molecule has 8 heteroatoms. The highest BCUT2D eigenvalue weighted by Crippen LogP contribution is 2.28. The van der Waals surface area contributed by atoms with Crippen LogP contribution in [0.1, 0.15) is 61.2 Å². The topological polar surface area (TPSA) is 99.3 Å². The van der Waals surface area contributed by atoms with E-state index in [4.69, 9.17) is 4.98 Å². The van der Waals surface area contributed by atoms with Crippen LogP contribution in [0.5, 0.6) is 0 Å². The first-order valence-electron chi connectivity index (χ1n) is 12.4. The second-order valence-electron chi connectivity index (χ2n) is 9.42. The molecule has 6 rings (SSSR count). The number of aromatic amines is 1. The smallest absolute Gasteiger partial charge is 0.261 e. The minimum absolute atomic E-state index is 0.0507. The van der Waals surface area contributed by atoms with Gasteiger partial charge in [0.1, 0.15) is 5.82 Å². The fourth-order valence-corrected chi connectivity index (χ4v) is 5.08. The first kappa shape index (κ1) is 22.8. The highest BCUT2D eigenvalue weighted by molar-refractivity contribution is 6.21. The predicted octanol–water partition coefficient (Wildman–Crippen LogP) is 4.29. The molecular weight excluding hydrogens is 466 g/mol. The average Bonchev–Trinajstić information content (AvgIpc) is 3.54. The molecule has 4 aromatic rings. The number of carbonyl (C=O) groups excluding carboxylic acids is 3. The van der Waals surface area contributed by atoms with Crippen molar-refractivity contribution in [3.05, 3.63) is 107 Å². The maximum atomic E-state index is 13.3. The lowest BCUT2D eigenvalue weighted by Gasteiger charge is -2.31. The van der Waals surface area contributed by atoms with Crippen LogP contribution in [0.2, 0.25) is 0 Å². The number of fused-ring (bicyclic) bond motifs is 1. The summed E-state index contributed by atoms with van der Waals surface area (Å²) < 4.78 is 0. The molecule has 8 nitrogen and oxygen atoms in total. The van der Waals surface area contributed by atoms with Crippen molar-refractivity contribution in [3.63, 3.8) is 0 Å². The van der Waals surface area contributed by atoms with Crippen molar-refractivity contribution in [1.82, 2.24) is 25.0 Å². The number of hydrogen-bond acceptors (Lipinski definition) is 5. The normalized spacial score (nSPS) is 15.8. The molecule has 1 fully saturated rings. The summed E-state index contributed by atoms with van der Waals surface area (Å²) in [6, 6.07) is 23.9. The zero-order valence-electron chi connectivity index (χ0n) is 20.1. The lowest BCUT2D eigenvalue weighted by Crippen LogP contribution is -2.38. The molecule has 1 saturated heterocycles. The minimum atomic E-state index is -0.303. The van der Waals surface area contributed by atoms with Crippen LogP contribution in [0.3, 0.4) is 0 Å². The second kappa shape index (κ2) is 9.46. The number of nitrogens with zero attached hydrogens (tertiary/aromatic N) is 4. The number of benzene rings is 3. The van der Waals surface area contributed by atoms with Gasteiger partial charge in [-0.2, -0.15) is 5.10 Å². The van der Waals surface area contributed by atoms with Gasteiger partial charge < -0.3 is 4.90 Å². The maximum Gasteiger partial charge on any atom is 0.261 e. The van der Waals surface area contributed by atoms with E-state index in [0.29, 0.717) is 35.6 Å². The summed E-state index contributed by atoms with van der Waals surface area (Å²) in [7, 11) is 0. The van der Waals surface area contributed by atoms with Gasteiger partial charge in [0.15, 0.2) is 5.82 Å². The number of nitrogens with one attached hydrogen (secondary N) is 1. The molecule has 1 N–H and O–H groups in total. The van der Waals surface area contributed by atoms with E-state index in [1.165, 1.54) is 4.90 Å². The molecule has 2 aliphatic heterocycles. The van der Waals surface area contributed by atoms with Crippen molar-refractivity contribution in [2.45, 2.75) is 25.3 Å². The molecule has 0 saturated carbocycles. The van der Waals surface area contributed by atoms with Crippen LogP contribution in [0.15, 0.2) is 78.9 Å². The summed E-state index contributed by atoms with van der Waals surface area (Å²) in [6.07, 6.45) is 1.59. The van der Waals surface area contributed by atoms with E-state index in [1.807, 2.05) is 41.3 Å². The summed E-state index contributed by atoms with van der Waals surface area (Å²) >= 11 is 0. The number of imide groups is 1. The number of amides is 3. The number of carbonyl (C=O) groups is 3. The van der Waals surface area contributed by atoms with Gasteiger partial charge in [-0.3, -0.25) is 24.4 Å². The minimum Gasteiger partial charge on any atom is -0.339 e. The number of rotatable bonds is 5. The van der Waals surface area contributed by atoms with Crippen molar-refractivity contribution in [2.75, 3.05) is 13.1 Å². The van der Waals surface area contributed by atoms with Crippen molar-refractivity contribution in [3.8, 4) is 11.4 Å². The monoisotopic (exact) mass is 491 g/mol. The summed E-state index contributed by atoms with van der Waals surface area (Å²) in [6.45, 7) is 1.37. The van der Waals surface area contributed by atoms with Gasteiger partial charge in [0.2, 0.25) is 0 Å². The summed E-state index contributed by atoms with van der Waals surface area (Å²) in [5.41, 5.74) is 3.11. The average molecular weight is 492 g/mol. The summed E-state index contributed by atoms with van der Waals surface area (Å²) in [5.74, 6) is 1.10. The predicted molar refractivity (Wildman–Crippen MR) is 137 cm³/mol. The first-order valence-corrected chi connectivity index (χ1v) is 12.4. The second-order valence-corrected chi connectivity index (χ2v) is 9.42. The van der Waals surface area contributed by atoms with Crippen LogP contribution in [0.25, 0.3) is 11.4 Å². The Hall–Kier alpha value is -4.59. The van der Waals surface area contributed by atoms with Gasteiger partial charge in [0.25, 0.3) is 17.7 Å². The summed E-state index contributed by atoms with van der Waals surface area (Å²) in [5, 5.41) is 7.45. The van der Waals surface area contributed by atoms with Crippen molar-refractivity contribution in [2.24, 2.45) is 0 Å². The van der Waals surface area contributed by atoms with Gasteiger partial charge in [-0.1, -0.05) is 54.6 Å². The van der Waals surface area contributed by atoms with Crippen LogP contribution >= 0.6 is 0 Å².